The summed E-state index contributed by atoms with van der Waals surface area (Å²) in [7, 11) is 0. The molecule has 8 nitrogen and oxygen atoms in total. The number of aliphatic imine (C=N–C) groups is 2. The van der Waals surface area contributed by atoms with Crippen molar-refractivity contribution < 1.29 is 4.92 Å². The Morgan fingerprint density at radius 1 is 0.943 bits per heavy atom. The van der Waals surface area contributed by atoms with Gasteiger partial charge in [-0.15, -0.1) is 0 Å². The fourth-order valence-electron chi connectivity index (χ4n) is 4.53. The molecular weight excluding hydrogens is 487 g/mol. The first-order chi connectivity index (χ1) is 16.9. The molecule has 3 aromatic carbocycles. The van der Waals surface area contributed by atoms with Crippen LogP contribution in [0, 0.1) is 17.0 Å². The minimum atomic E-state index is -0.433. The summed E-state index contributed by atoms with van der Waals surface area (Å²) in [6, 6.07) is 21.3. The average Bonchev–Trinajstić information content (AvgIpc) is 3.20. The van der Waals surface area contributed by atoms with Gasteiger partial charge in [-0.1, -0.05) is 47.5 Å². The number of amidine groups is 1. The van der Waals surface area contributed by atoms with Gasteiger partial charge in [0.1, 0.15) is 0 Å². The van der Waals surface area contributed by atoms with Gasteiger partial charge in [-0.2, -0.15) is 5.10 Å². The van der Waals surface area contributed by atoms with Crippen LogP contribution in [0.25, 0.3) is 5.69 Å². The van der Waals surface area contributed by atoms with E-state index in [1.807, 2.05) is 55.5 Å². The van der Waals surface area contributed by atoms with Crippen LogP contribution in [-0.4, -0.2) is 25.7 Å². The highest BCUT2D eigenvalue weighted by Crippen LogP contribution is 2.48. The molecule has 10 heteroatoms. The van der Waals surface area contributed by atoms with Crippen LogP contribution in [0.3, 0.4) is 0 Å². The van der Waals surface area contributed by atoms with Crippen LogP contribution in [0.2, 0.25) is 5.02 Å². The molecule has 1 aromatic heterocycles. The summed E-state index contributed by atoms with van der Waals surface area (Å²) in [4.78, 5) is 22.2. The molecule has 0 saturated carbocycles. The number of non-ortho nitro benzene ring substituents is 1. The second-order valence-electron chi connectivity index (χ2n) is 8.16. The predicted octanol–water partition coefficient (Wildman–Crippen LogP) is 6.66. The van der Waals surface area contributed by atoms with Crippen molar-refractivity contribution in [3.8, 4) is 5.69 Å². The number of nitrogens with zero attached hydrogens (tertiary/aromatic N) is 6. The zero-order valence-corrected chi connectivity index (χ0v) is 19.8. The minimum absolute atomic E-state index is 0.00194. The number of nitro groups is 1. The Balaban J connectivity index is 1.61. The number of aryl methyl sites for hydroxylation is 1. The number of aromatic nitrogens is 2. The molecule has 2 aliphatic heterocycles. The van der Waals surface area contributed by atoms with Crippen LogP contribution in [0.5, 0.6) is 0 Å². The highest BCUT2D eigenvalue weighted by atomic mass is 35.5. The number of hydrogen-bond acceptors (Lipinski definition) is 6. The smallest absolute Gasteiger partial charge is 0.269 e. The second kappa shape index (κ2) is 8.04. The van der Waals surface area contributed by atoms with Gasteiger partial charge in [0.25, 0.3) is 5.69 Å². The third-order valence-corrected chi connectivity index (χ3v) is 6.59. The Morgan fingerprint density at radius 3 is 2.37 bits per heavy atom. The summed E-state index contributed by atoms with van der Waals surface area (Å²) in [6.07, 6.45) is 0. The second-order valence-corrected chi connectivity index (χ2v) is 8.95. The molecule has 0 amide bonds. The standard InChI is InChI=1S/C25H16Cl2N6O2/c1-14-21-22(15-6-8-16(26)9-7-15)31-20-5-3-2-4-19(20)28-23(27)25(31)29-24(21)32(30-14)17-10-12-18(13-11-17)33(34)35/h2-13,22H,1H3/t22-/m0/s1. The van der Waals surface area contributed by atoms with Crippen LogP contribution in [0.4, 0.5) is 22.9 Å². The number of nitro benzene ring substituents is 1. The topological polar surface area (TPSA) is 88.9 Å². The normalized spacial score (nSPS) is 16.1. The third-order valence-electron chi connectivity index (χ3n) is 6.09. The Hall–Kier alpha value is -4.01. The summed E-state index contributed by atoms with van der Waals surface area (Å²) in [6.45, 7) is 1.93. The maximum absolute atomic E-state index is 11.1. The van der Waals surface area contributed by atoms with Gasteiger partial charge in [0.15, 0.2) is 16.8 Å². The molecular formula is C25H16Cl2N6O2. The van der Waals surface area contributed by atoms with Gasteiger partial charge in [0.2, 0.25) is 0 Å². The van der Waals surface area contributed by atoms with Gasteiger partial charge in [-0.05, 0) is 48.9 Å². The lowest BCUT2D eigenvalue weighted by Crippen LogP contribution is -2.42. The summed E-state index contributed by atoms with van der Waals surface area (Å²) >= 11 is 12.9. The highest BCUT2D eigenvalue weighted by Gasteiger charge is 2.40. The van der Waals surface area contributed by atoms with Crippen molar-refractivity contribution in [3.05, 3.63) is 105 Å². The number of halogens is 2. The SMILES string of the molecule is Cc1nn(-c2ccc([N+](=O)[O-])cc2)c2c1[C@H](c1ccc(Cl)cc1)N1C(=N2)C(Cl)=Nc2ccccc21. The third kappa shape index (κ3) is 3.41. The molecule has 1 atom stereocenters. The van der Waals surface area contributed by atoms with Crippen LogP contribution in [-0.2, 0) is 0 Å². The molecule has 0 spiro atoms. The number of anilines is 1. The van der Waals surface area contributed by atoms with E-state index < -0.39 is 4.92 Å². The van der Waals surface area contributed by atoms with Crippen molar-refractivity contribution in [2.24, 2.45) is 9.98 Å². The number of para-hydroxylation sites is 2. The number of hydrogen-bond donors (Lipinski definition) is 0. The van der Waals surface area contributed by atoms with Crippen LogP contribution in [0.1, 0.15) is 22.9 Å². The largest absolute Gasteiger partial charge is 0.310 e. The van der Waals surface area contributed by atoms with Crippen molar-refractivity contribution in [2.75, 3.05) is 4.90 Å². The van der Waals surface area contributed by atoms with Gasteiger partial charge in [0.05, 0.1) is 33.7 Å². The zero-order valence-electron chi connectivity index (χ0n) is 18.3. The lowest BCUT2D eigenvalue weighted by atomic mass is 9.94. The van der Waals surface area contributed by atoms with Gasteiger partial charge in [-0.25, -0.2) is 14.7 Å². The van der Waals surface area contributed by atoms with E-state index >= 15 is 0 Å². The van der Waals surface area contributed by atoms with E-state index in [1.165, 1.54) is 12.1 Å². The maximum Gasteiger partial charge on any atom is 0.269 e. The van der Waals surface area contributed by atoms with Crippen molar-refractivity contribution in [1.82, 2.24) is 9.78 Å². The van der Waals surface area contributed by atoms with E-state index in [9.17, 15) is 10.1 Å². The quantitative estimate of drug-likeness (QED) is 0.231. The molecule has 0 fully saturated rings. The molecule has 2 aliphatic rings. The summed E-state index contributed by atoms with van der Waals surface area (Å²) < 4.78 is 1.69. The Labute approximate surface area is 209 Å². The number of rotatable bonds is 3. The molecule has 0 saturated heterocycles. The first kappa shape index (κ1) is 21.5. The Bertz CT molecular complexity index is 1560. The fraction of sp³-hybridized carbons (Fsp3) is 0.0800. The predicted molar refractivity (Wildman–Crippen MR) is 137 cm³/mol. The first-order valence-electron chi connectivity index (χ1n) is 10.7. The fourth-order valence-corrected chi connectivity index (χ4v) is 4.88. The number of benzene rings is 3. The molecule has 0 unspecified atom stereocenters. The lowest BCUT2D eigenvalue weighted by Gasteiger charge is -2.39. The minimum Gasteiger partial charge on any atom is -0.310 e. The van der Waals surface area contributed by atoms with E-state index in [2.05, 4.69) is 9.89 Å². The average molecular weight is 503 g/mol. The van der Waals surface area contributed by atoms with Crippen LogP contribution < -0.4 is 4.90 Å². The Morgan fingerprint density at radius 2 is 1.66 bits per heavy atom. The molecule has 4 aromatic rings. The summed E-state index contributed by atoms with van der Waals surface area (Å²) in [5.41, 5.74) is 4.94. The van der Waals surface area contributed by atoms with E-state index in [0.717, 1.165) is 28.2 Å². The number of fused-ring (bicyclic) bond motifs is 4. The zero-order chi connectivity index (χ0) is 24.3. The van der Waals surface area contributed by atoms with Crippen molar-refractivity contribution in [1.29, 1.82) is 0 Å². The van der Waals surface area contributed by atoms with Gasteiger partial charge in [-0.3, -0.25) is 10.1 Å². The Kier molecular flexibility index (Phi) is 4.94. The van der Waals surface area contributed by atoms with Crippen molar-refractivity contribution in [2.45, 2.75) is 13.0 Å². The van der Waals surface area contributed by atoms with Crippen molar-refractivity contribution in [3.63, 3.8) is 0 Å². The molecule has 0 aliphatic carbocycles. The molecule has 172 valence electrons. The molecule has 0 N–H and O–H groups in total. The molecule has 35 heavy (non-hydrogen) atoms. The molecule has 0 radical (unpaired) electrons. The monoisotopic (exact) mass is 502 g/mol. The van der Waals surface area contributed by atoms with Gasteiger partial charge in [0, 0.05) is 22.7 Å². The van der Waals surface area contributed by atoms with Crippen LogP contribution >= 0.6 is 23.2 Å². The molecule has 6 rings (SSSR count). The van der Waals surface area contributed by atoms with Gasteiger partial charge >= 0.3 is 0 Å². The van der Waals surface area contributed by atoms with E-state index in [4.69, 9.17) is 33.3 Å². The first-order valence-corrected chi connectivity index (χ1v) is 11.5. The summed E-state index contributed by atoms with van der Waals surface area (Å²) in [5.74, 6) is 1.09. The van der Waals surface area contributed by atoms with E-state index in [-0.39, 0.29) is 16.9 Å². The molecule has 3 heterocycles. The van der Waals surface area contributed by atoms with Gasteiger partial charge < -0.3 is 4.90 Å². The maximum atomic E-state index is 11.1. The van der Waals surface area contributed by atoms with Crippen LogP contribution in [0.15, 0.2) is 82.8 Å². The van der Waals surface area contributed by atoms with E-state index in [0.29, 0.717) is 22.4 Å². The highest BCUT2D eigenvalue weighted by molar-refractivity contribution is 6.85. The van der Waals surface area contributed by atoms with E-state index in [1.54, 1.807) is 16.8 Å². The lowest BCUT2D eigenvalue weighted by molar-refractivity contribution is -0.384. The van der Waals surface area contributed by atoms with Crippen molar-refractivity contribution >= 4 is 57.1 Å². The summed E-state index contributed by atoms with van der Waals surface area (Å²) in [5, 5.41) is 16.8. The molecule has 0 bridgehead atoms.